The van der Waals surface area contributed by atoms with Gasteiger partial charge in [-0.05, 0) is 76.5 Å². The van der Waals surface area contributed by atoms with E-state index in [0.29, 0.717) is 22.6 Å². The molecule has 0 spiro atoms. The summed E-state index contributed by atoms with van der Waals surface area (Å²) in [5.74, 6) is -0.138. The minimum Gasteiger partial charge on any atom is -0.366 e. The van der Waals surface area contributed by atoms with Gasteiger partial charge in [0.15, 0.2) is 15.7 Å². The Morgan fingerprint density at radius 3 is 2.29 bits per heavy atom. The third-order valence-corrected chi connectivity index (χ3v) is 8.46. The Morgan fingerprint density at radius 2 is 1.62 bits per heavy atom. The summed E-state index contributed by atoms with van der Waals surface area (Å²) in [5.41, 5.74) is 6.97. The van der Waals surface area contributed by atoms with E-state index in [2.05, 4.69) is 25.9 Å². The largest absolute Gasteiger partial charge is 0.366 e. The van der Waals surface area contributed by atoms with E-state index in [1.54, 1.807) is 92.7 Å². The third-order valence-electron chi connectivity index (χ3n) is 5.98. The highest BCUT2D eigenvalue weighted by Gasteiger charge is 2.23. The molecule has 236 valence electrons. The van der Waals surface area contributed by atoms with Crippen LogP contribution in [0.5, 0.6) is 0 Å². The lowest BCUT2D eigenvalue weighted by Crippen LogP contribution is -2.15. The van der Waals surface area contributed by atoms with Gasteiger partial charge in [-0.15, -0.1) is 0 Å². The molecule has 11 nitrogen and oxygen atoms in total. The monoisotopic (exact) mass is 649 g/mol. The Kier molecular flexibility index (Phi) is 12.6. The van der Waals surface area contributed by atoms with Crippen molar-refractivity contribution in [3.8, 4) is 0 Å². The second kappa shape index (κ2) is 16.3. The van der Waals surface area contributed by atoms with Crippen LogP contribution in [0.25, 0.3) is 0 Å². The average Bonchev–Trinajstić information content (AvgIpc) is 2.99. The molecule has 0 unspecified atom stereocenters. The molecule has 0 radical (unpaired) electrons. The van der Waals surface area contributed by atoms with E-state index < -0.39 is 21.0 Å². The molecule has 0 fully saturated rings. The zero-order chi connectivity index (χ0) is 33.0. The zero-order valence-electron chi connectivity index (χ0n) is 25.4. The summed E-state index contributed by atoms with van der Waals surface area (Å²) < 4.78 is 25.6. The maximum atomic E-state index is 12.8. The van der Waals surface area contributed by atoms with Crippen LogP contribution in [0.1, 0.15) is 24.2 Å². The van der Waals surface area contributed by atoms with Gasteiger partial charge in [-0.1, -0.05) is 54.1 Å². The van der Waals surface area contributed by atoms with Crippen molar-refractivity contribution in [2.45, 2.75) is 24.0 Å². The van der Waals surface area contributed by atoms with Gasteiger partial charge in [-0.2, -0.15) is 4.98 Å². The number of hydrogen-bond donors (Lipinski definition) is 4. The molecule has 1 heterocycles. The van der Waals surface area contributed by atoms with Gasteiger partial charge in [0.2, 0.25) is 11.9 Å². The standard InChI is InChI=1S/C26H24ClN5O3S.C6H12N2O/c1-17(2)36(34,35)23-14-7-6-13-22(23)31-24-21(27)16-28-26(32-24)30-20-12-8-11-19(15-20)29-25(33)18-9-4-3-5-10-18;1-8(2)5-3-4-6(7)9/h3-17H,1-2H3,(H,29,33)(H2,28,30,31,32);3-4H,5H2,1-2H3,(H2,7,9)/b;4-3+. The molecule has 0 aliphatic carbocycles. The Balaban J connectivity index is 0.000000535. The molecule has 4 aromatic rings. The highest BCUT2D eigenvalue weighted by atomic mass is 35.5. The molecule has 0 bridgehead atoms. The number of nitrogens with two attached hydrogens (primary N) is 1. The second-order valence-electron chi connectivity index (χ2n) is 10.2. The highest BCUT2D eigenvalue weighted by molar-refractivity contribution is 7.92. The van der Waals surface area contributed by atoms with Crippen molar-refractivity contribution in [1.29, 1.82) is 0 Å². The summed E-state index contributed by atoms with van der Waals surface area (Å²) in [6, 6.07) is 22.6. The summed E-state index contributed by atoms with van der Waals surface area (Å²) in [7, 11) is 0.311. The molecule has 45 heavy (non-hydrogen) atoms. The average molecular weight is 650 g/mol. The lowest BCUT2D eigenvalue weighted by molar-refractivity contribution is -0.113. The molecule has 0 aliphatic heterocycles. The van der Waals surface area contributed by atoms with Gasteiger partial charge in [0.05, 0.1) is 22.0 Å². The Hall–Kier alpha value is -4.78. The highest BCUT2D eigenvalue weighted by Crippen LogP contribution is 2.30. The number of halogens is 1. The van der Waals surface area contributed by atoms with Crippen molar-refractivity contribution < 1.29 is 18.0 Å². The number of carbonyl (C=O) groups excluding carboxylic acids is 2. The molecule has 0 saturated carbocycles. The van der Waals surface area contributed by atoms with Crippen molar-refractivity contribution in [3.63, 3.8) is 0 Å². The first-order valence-electron chi connectivity index (χ1n) is 13.8. The third kappa shape index (κ3) is 10.7. The number of sulfone groups is 1. The number of nitrogens with one attached hydrogen (secondary N) is 3. The van der Waals surface area contributed by atoms with Crippen LogP contribution >= 0.6 is 11.6 Å². The first-order valence-corrected chi connectivity index (χ1v) is 15.8. The van der Waals surface area contributed by atoms with Gasteiger partial charge in [-0.25, -0.2) is 13.4 Å². The summed E-state index contributed by atoms with van der Waals surface area (Å²) in [4.78, 5) is 33.3. The number of benzene rings is 3. The van der Waals surface area contributed by atoms with E-state index in [1.807, 2.05) is 25.1 Å². The van der Waals surface area contributed by atoms with Crippen LogP contribution < -0.4 is 21.7 Å². The topological polar surface area (TPSA) is 159 Å². The van der Waals surface area contributed by atoms with Crippen molar-refractivity contribution in [2.24, 2.45) is 5.73 Å². The fraction of sp³-hybridized carbons (Fsp3) is 0.188. The van der Waals surface area contributed by atoms with E-state index >= 15 is 0 Å². The van der Waals surface area contributed by atoms with E-state index in [0.717, 1.165) is 6.54 Å². The normalized spacial score (nSPS) is 11.2. The molecular weight excluding hydrogens is 614 g/mol. The van der Waals surface area contributed by atoms with Crippen LogP contribution in [-0.4, -0.2) is 61.0 Å². The van der Waals surface area contributed by atoms with Crippen LogP contribution in [0, 0.1) is 0 Å². The minimum absolute atomic E-state index is 0.158. The van der Waals surface area contributed by atoms with Crippen LogP contribution in [-0.2, 0) is 14.6 Å². The van der Waals surface area contributed by atoms with Crippen LogP contribution in [0.15, 0.2) is 102 Å². The summed E-state index contributed by atoms with van der Waals surface area (Å²) >= 11 is 6.31. The molecule has 0 saturated heterocycles. The maximum Gasteiger partial charge on any atom is 0.255 e. The number of aromatic nitrogens is 2. The number of anilines is 5. The molecule has 4 rings (SSSR count). The lowest BCUT2D eigenvalue weighted by Gasteiger charge is -2.15. The fourth-order valence-electron chi connectivity index (χ4n) is 3.69. The number of nitrogens with zero attached hydrogens (tertiary/aromatic N) is 3. The maximum absolute atomic E-state index is 12.8. The fourth-order valence-corrected chi connectivity index (χ4v) is 5.03. The molecule has 5 N–H and O–H groups in total. The van der Waals surface area contributed by atoms with Crippen molar-refractivity contribution in [1.82, 2.24) is 14.9 Å². The quantitative estimate of drug-likeness (QED) is 0.151. The molecule has 13 heteroatoms. The number of primary amides is 1. The first kappa shape index (κ1) is 34.7. The Labute approximate surface area is 268 Å². The smallest absolute Gasteiger partial charge is 0.255 e. The summed E-state index contributed by atoms with van der Waals surface area (Å²) in [5, 5.41) is 8.60. The molecule has 0 atom stereocenters. The first-order chi connectivity index (χ1) is 21.4. The van der Waals surface area contributed by atoms with E-state index in [1.165, 1.54) is 12.3 Å². The minimum atomic E-state index is -3.53. The zero-order valence-corrected chi connectivity index (χ0v) is 26.9. The predicted molar refractivity (Wildman–Crippen MR) is 180 cm³/mol. The number of likely N-dealkylation sites (N-methyl/N-ethyl adjacent to an activating group) is 1. The molecule has 0 aliphatic rings. The number of rotatable bonds is 11. The second-order valence-corrected chi connectivity index (χ2v) is 13.1. The van der Waals surface area contributed by atoms with Crippen molar-refractivity contribution in [2.75, 3.05) is 36.6 Å². The Morgan fingerprint density at radius 1 is 0.956 bits per heavy atom. The van der Waals surface area contributed by atoms with Gasteiger partial charge < -0.3 is 26.6 Å². The summed E-state index contributed by atoms with van der Waals surface area (Å²) in [6.45, 7) is 4.01. The van der Waals surface area contributed by atoms with Crippen LogP contribution in [0.4, 0.5) is 28.8 Å². The van der Waals surface area contributed by atoms with Gasteiger partial charge >= 0.3 is 0 Å². The van der Waals surface area contributed by atoms with E-state index in [4.69, 9.17) is 17.3 Å². The van der Waals surface area contributed by atoms with E-state index in [-0.39, 0.29) is 27.6 Å². The van der Waals surface area contributed by atoms with E-state index in [9.17, 15) is 18.0 Å². The van der Waals surface area contributed by atoms with Crippen molar-refractivity contribution in [3.05, 3.63) is 108 Å². The number of amides is 2. The van der Waals surface area contributed by atoms with Crippen molar-refractivity contribution >= 4 is 62.1 Å². The molecule has 3 aromatic carbocycles. The summed E-state index contributed by atoms with van der Waals surface area (Å²) in [6.07, 6.45) is 4.50. The van der Waals surface area contributed by atoms with Crippen LogP contribution in [0.2, 0.25) is 5.02 Å². The van der Waals surface area contributed by atoms with Crippen LogP contribution in [0.3, 0.4) is 0 Å². The predicted octanol–water partition coefficient (Wildman–Crippen LogP) is 5.64. The number of carbonyl (C=O) groups is 2. The molecule has 2 amide bonds. The van der Waals surface area contributed by atoms with Gasteiger partial charge in [0.1, 0.15) is 5.02 Å². The SMILES string of the molecule is CC(C)S(=O)(=O)c1ccccc1Nc1nc(Nc2cccc(NC(=O)c3ccccc3)c2)ncc1Cl.CN(C)C/C=C/C(N)=O. The van der Waals surface area contributed by atoms with Gasteiger partial charge in [-0.3, -0.25) is 9.59 Å². The number of hydrogen-bond acceptors (Lipinski definition) is 9. The molecular formula is C32H36ClN7O4S. The Bertz CT molecular complexity index is 1750. The van der Waals surface area contributed by atoms with Gasteiger partial charge in [0, 0.05) is 23.5 Å². The van der Waals surface area contributed by atoms with Gasteiger partial charge in [0.25, 0.3) is 5.91 Å². The molecule has 1 aromatic heterocycles. The lowest BCUT2D eigenvalue weighted by atomic mass is 10.2. The number of para-hydroxylation sites is 1.